The minimum atomic E-state index is -0.619. The molecule has 1 saturated heterocycles. The van der Waals surface area contributed by atoms with E-state index in [1.807, 2.05) is 30.3 Å². The Morgan fingerprint density at radius 1 is 1.11 bits per heavy atom. The van der Waals surface area contributed by atoms with Gasteiger partial charge in [-0.3, -0.25) is 9.69 Å². The zero-order valence-electron chi connectivity index (χ0n) is 15.5. The molecule has 2 aromatic carbocycles. The number of hydrogen-bond donors (Lipinski definition) is 1. The predicted molar refractivity (Wildman–Crippen MR) is 106 cm³/mol. The number of fused-ring (bicyclic) bond motifs is 1. The van der Waals surface area contributed by atoms with Gasteiger partial charge >= 0.3 is 5.63 Å². The van der Waals surface area contributed by atoms with Crippen LogP contribution in [0.3, 0.4) is 0 Å². The maximum absolute atomic E-state index is 12.4. The van der Waals surface area contributed by atoms with Crippen LogP contribution in [-0.4, -0.2) is 43.6 Å². The molecule has 1 aromatic heterocycles. The van der Waals surface area contributed by atoms with E-state index in [-0.39, 0.29) is 11.7 Å². The molecule has 0 aliphatic carbocycles. The fourth-order valence-electron chi connectivity index (χ4n) is 3.42. The van der Waals surface area contributed by atoms with Gasteiger partial charge in [-0.15, -0.1) is 0 Å². The molecular formula is C22H22N2O4. The number of amides is 1. The van der Waals surface area contributed by atoms with E-state index >= 15 is 0 Å². The monoisotopic (exact) mass is 378 g/mol. The number of para-hydroxylation sites is 1. The van der Waals surface area contributed by atoms with E-state index in [0.717, 1.165) is 24.0 Å². The highest BCUT2D eigenvalue weighted by atomic mass is 16.5. The first-order valence-corrected chi connectivity index (χ1v) is 9.41. The second-order valence-corrected chi connectivity index (χ2v) is 6.81. The lowest BCUT2D eigenvalue weighted by Gasteiger charge is -2.33. The zero-order chi connectivity index (χ0) is 19.3. The van der Waals surface area contributed by atoms with Crippen LogP contribution in [0.1, 0.15) is 22.0 Å². The molecule has 2 heterocycles. The first kappa shape index (κ1) is 18.4. The number of carbonyl (C=O) groups is 1. The maximum Gasteiger partial charge on any atom is 0.349 e. The third-order valence-corrected chi connectivity index (χ3v) is 4.92. The number of carbonyl (C=O) groups excluding carboxylic acids is 1. The summed E-state index contributed by atoms with van der Waals surface area (Å²) >= 11 is 0. The molecule has 144 valence electrons. The third-order valence-electron chi connectivity index (χ3n) is 4.92. The molecule has 1 aliphatic rings. The van der Waals surface area contributed by atoms with Crippen LogP contribution in [0.5, 0.6) is 0 Å². The Balaban J connectivity index is 1.34. The molecule has 1 atom stereocenters. The lowest BCUT2D eigenvalue weighted by atomic mass is 10.1. The van der Waals surface area contributed by atoms with Crippen LogP contribution in [0.4, 0.5) is 0 Å². The van der Waals surface area contributed by atoms with E-state index in [9.17, 15) is 9.59 Å². The summed E-state index contributed by atoms with van der Waals surface area (Å²) in [6.45, 7) is 3.39. The topological polar surface area (TPSA) is 71.8 Å². The van der Waals surface area contributed by atoms with Gasteiger partial charge in [0, 0.05) is 31.6 Å². The summed E-state index contributed by atoms with van der Waals surface area (Å²) < 4.78 is 11.1. The Morgan fingerprint density at radius 3 is 2.75 bits per heavy atom. The molecule has 1 amide bonds. The summed E-state index contributed by atoms with van der Waals surface area (Å²) in [5, 5.41) is 3.55. The highest BCUT2D eigenvalue weighted by Crippen LogP contribution is 2.21. The van der Waals surface area contributed by atoms with E-state index < -0.39 is 11.5 Å². The summed E-state index contributed by atoms with van der Waals surface area (Å²) in [4.78, 5) is 26.8. The molecule has 0 radical (unpaired) electrons. The molecule has 6 heteroatoms. The Morgan fingerprint density at radius 2 is 1.89 bits per heavy atom. The number of hydrogen-bond acceptors (Lipinski definition) is 5. The van der Waals surface area contributed by atoms with Crippen molar-refractivity contribution in [3.05, 3.63) is 82.2 Å². The van der Waals surface area contributed by atoms with Crippen molar-refractivity contribution in [2.24, 2.45) is 0 Å². The maximum atomic E-state index is 12.4. The number of nitrogens with one attached hydrogen (secondary N) is 1. The van der Waals surface area contributed by atoms with E-state index in [1.54, 1.807) is 18.2 Å². The SMILES string of the molecule is O=C(NCCN1CCO[C@H](c2ccccc2)C1)c1cc2ccccc2oc1=O. The van der Waals surface area contributed by atoms with Gasteiger partial charge in [-0.1, -0.05) is 48.5 Å². The molecule has 0 saturated carbocycles. The van der Waals surface area contributed by atoms with Crippen LogP contribution in [0.15, 0.2) is 69.9 Å². The Bertz CT molecular complexity index is 1020. The molecule has 28 heavy (non-hydrogen) atoms. The van der Waals surface area contributed by atoms with Gasteiger partial charge < -0.3 is 14.5 Å². The molecular weight excluding hydrogens is 356 g/mol. The van der Waals surface area contributed by atoms with Crippen LogP contribution in [0.25, 0.3) is 11.0 Å². The number of nitrogens with zero attached hydrogens (tertiary/aromatic N) is 1. The molecule has 6 nitrogen and oxygen atoms in total. The van der Waals surface area contributed by atoms with Crippen molar-refractivity contribution in [2.45, 2.75) is 6.10 Å². The second-order valence-electron chi connectivity index (χ2n) is 6.81. The van der Waals surface area contributed by atoms with E-state index in [4.69, 9.17) is 9.15 Å². The van der Waals surface area contributed by atoms with Gasteiger partial charge in [0.1, 0.15) is 11.1 Å². The van der Waals surface area contributed by atoms with Crippen LogP contribution < -0.4 is 10.9 Å². The van der Waals surface area contributed by atoms with Crippen molar-refractivity contribution >= 4 is 16.9 Å². The summed E-state index contributed by atoms with van der Waals surface area (Å²) in [6.07, 6.45) is 0.0400. The minimum Gasteiger partial charge on any atom is -0.422 e. The fraction of sp³-hybridized carbons (Fsp3) is 0.273. The zero-order valence-corrected chi connectivity index (χ0v) is 15.5. The van der Waals surface area contributed by atoms with E-state index in [2.05, 4.69) is 22.3 Å². The standard InChI is InChI=1S/C22H22N2O4/c25-21(18-14-17-8-4-5-9-19(17)28-22(18)26)23-10-11-24-12-13-27-20(15-24)16-6-2-1-3-7-16/h1-9,14,20H,10-13,15H2,(H,23,25)/t20-/m0/s1. The van der Waals surface area contributed by atoms with Crippen molar-refractivity contribution in [3.8, 4) is 0 Å². The highest BCUT2D eigenvalue weighted by molar-refractivity contribution is 5.96. The van der Waals surface area contributed by atoms with Crippen molar-refractivity contribution in [1.29, 1.82) is 0 Å². The van der Waals surface area contributed by atoms with Crippen molar-refractivity contribution < 1.29 is 13.9 Å². The van der Waals surface area contributed by atoms with Crippen molar-refractivity contribution in [3.63, 3.8) is 0 Å². The normalized spacial score (nSPS) is 17.5. The summed E-state index contributed by atoms with van der Waals surface area (Å²) in [5.74, 6) is -0.410. The number of rotatable bonds is 5. The van der Waals surface area contributed by atoms with Gasteiger partial charge in [-0.2, -0.15) is 0 Å². The summed E-state index contributed by atoms with van der Waals surface area (Å²) in [7, 11) is 0. The van der Waals surface area contributed by atoms with Crippen molar-refractivity contribution in [1.82, 2.24) is 10.2 Å². The predicted octanol–water partition coefficient (Wildman–Crippen LogP) is 2.60. The largest absolute Gasteiger partial charge is 0.422 e. The molecule has 0 bridgehead atoms. The lowest BCUT2D eigenvalue weighted by Crippen LogP contribution is -2.43. The van der Waals surface area contributed by atoms with E-state index in [0.29, 0.717) is 25.3 Å². The van der Waals surface area contributed by atoms with E-state index in [1.165, 1.54) is 0 Å². The third kappa shape index (κ3) is 4.13. The van der Waals surface area contributed by atoms with Gasteiger partial charge in [0.2, 0.25) is 0 Å². The van der Waals surface area contributed by atoms with Gasteiger partial charge in [0.05, 0.1) is 12.7 Å². The first-order valence-electron chi connectivity index (χ1n) is 9.41. The van der Waals surface area contributed by atoms with Gasteiger partial charge in [-0.05, 0) is 17.7 Å². The van der Waals surface area contributed by atoms with Crippen LogP contribution >= 0.6 is 0 Å². The lowest BCUT2D eigenvalue weighted by molar-refractivity contribution is -0.0293. The van der Waals surface area contributed by atoms with Crippen LogP contribution in [-0.2, 0) is 4.74 Å². The van der Waals surface area contributed by atoms with Gasteiger partial charge in [-0.25, -0.2) is 4.79 Å². The van der Waals surface area contributed by atoms with Crippen LogP contribution in [0.2, 0.25) is 0 Å². The van der Waals surface area contributed by atoms with Gasteiger partial charge in [0.25, 0.3) is 5.91 Å². The fourth-order valence-corrected chi connectivity index (χ4v) is 3.42. The molecule has 3 aromatic rings. The van der Waals surface area contributed by atoms with Gasteiger partial charge in [0.15, 0.2) is 0 Å². The number of benzene rings is 2. The Hall–Kier alpha value is -2.96. The molecule has 1 aliphatic heterocycles. The van der Waals surface area contributed by atoms with Crippen molar-refractivity contribution in [2.75, 3.05) is 32.8 Å². The smallest absolute Gasteiger partial charge is 0.349 e. The molecule has 1 fully saturated rings. The van der Waals surface area contributed by atoms with Crippen LogP contribution in [0, 0.1) is 0 Å². The Kier molecular flexibility index (Phi) is 5.50. The minimum absolute atomic E-state index is 0.0304. The summed E-state index contributed by atoms with van der Waals surface area (Å²) in [6, 6.07) is 18.9. The number of morpholine rings is 1. The Labute approximate surface area is 162 Å². The average molecular weight is 378 g/mol. The first-order chi connectivity index (χ1) is 13.7. The highest BCUT2D eigenvalue weighted by Gasteiger charge is 2.22. The molecule has 0 spiro atoms. The summed E-state index contributed by atoms with van der Waals surface area (Å²) in [5.41, 5.74) is 1.05. The molecule has 1 N–H and O–H groups in total. The number of ether oxygens (including phenoxy) is 1. The molecule has 0 unspecified atom stereocenters. The molecule has 4 rings (SSSR count). The second kappa shape index (κ2) is 8.37. The quantitative estimate of drug-likeness (QED) is 0.691. The average Bonchev–Trinajstić information content (AvgIpc) is 2.74.